The van der Waals surface area contributed by atoms with Crippen molar-refractivity contribution >= 4 is 30.1 Å². The van der Waals surface area contributed by atoms with Crippen LogP contribution >= 0.6 is 12.4 Å². The van der Waals surface area contributed by atoms with Crippen LogP contribution in [0.25, 0.3) is 0 Å². The Balaban J connectivity index is 0.00000441. The quantitative estimate of drug-likeness (QED) is 0.400. The Labute approximate surface area is 242 Å². The predicted octanol–water partition coefficient (Wildman–Crippen LogP) is 3.48. The third-order valence-electron chi connectivity index (χ3n) is 7.91. The molecule has 9 nitrogen and oxygen atoms in total. The van der Waals surface area contributed by atoms with E-state index in [1.165, 1.54) is 0 Å². The van der Waals surface area contributed by atoms with E-state index in [9.17, 15) is 19.5 Å². The third kappa shape index (κ3) is 6.77. The van der Waals surface area contributed by atoms with Crippen molar-refractivity contribution < 1.29 is 24.2 Å². The largest absolute Gasteiger partial charge is 0.457 e. The Kier molecular flexibility index (Phi) is 10.6. The lowest BCUT2D eigenvalue weighted by Gasteiger charge is -2.52. The molecule has 0 saturated carbocycles. The van der Waals surface area contributed by atoms with E-state index in [2.05, 4.69) is 17.1 Å². The number of piperazine rings is 1. The fraction of sp³-hybridized carbons (Fsp3) is 0.500. The number of nitrogens with one attached hydrogen (secondary N) is 1. The number of hydrogen-bond acceptors (Lipinski definition) is 6. The minimum absolute atomic E-state index is 0. The summed E-state index contributed by atoms with van der Waals surface area (Å²) in [5.74, 6) is 0.372. The molecule has 2 aliphatic heterocycles. The van der Waals surface area contributed by atoms with Crippen LogP contribution in [0.2, 0.25) is 0 Å². The normalized spacial score (nSPS) is 19.7. The number of aliphatic hydroxyl groups excluding tert-OH is 1. The number of carbonyl (C=O) groups is 3. The highest BCUT2D eigenvalue weighted by molar-refractivity contribution is 6.00. The fourth-order valence-electron chi connectivity index (χ4n) is 5.42. The van der Waals surface area contributed by atoms with E-state index in [4.69, 9.17) is 10.5 Å². The van der Waals surface area contributed by atoms with Crippen LogP contribution in [0.1, 0.15) is 62.4 Å². The number of likely N-dealkylation sites (tertiary alicyclic amines) is 1. The Morgan fingerprint density at radius 2 is 1.65 bits per heavy atom. The van der Waals surface area contributed by atoms with Gasteiger partial charge in [-0.05, 0) is 67.1 Å². The molecule has 3 amide bonds. The molecular formula is C30H41ClN4O5. The Morgan fingerprint density at radius 1 is 1.07 bits per heavy atom. The number of benzene rings is 2. The molecule has 2 aromatic rings. The van der Waals surface area contributed by atoms with E-state index < -0.39 is 23.6 Å². The highest BCUT2D eigenvalue weighted by Crippen LogP contribution is 2.35. The van der Waals surface area contributed by atoms with Crippen LogP contribution in [-0.2, 0) is 16.1 Å². The predicted molar refractivity (Wildman–Crippen MR) is 155 cm³/mol. The van der Waals surface area contributed by atoms with Crippen LogP contribution < -0.4 is 15.8 Å². The first kappa shape index (κ1) is 31.4. The Bertz CT molecular complexity index is 1160. The first-order chi connectivity index (χ1) is 18.6. The molecule has 0 aliphatic carbocycles. The number of piperidine rings is 1. The van der Waals surface area contributed by atoms with Crippen LogP contribution in [0, 0.1) is 5.92 Å². The van der Waals surface area contributed by atoms with Gasteiger partial charge in [-0.1, -0.05) is 39.3 Å². The minimum Gasteiger partial charge on any atom is -0.457 e. The summed E-state index contributed by atoms with van der Waals surface area (Å²) in [6.07, 6.45) is 1.94. The molecule has 2 aliphatic rings. The topological polar surface area (TPSA) is 125 Å². The number of ether oxygens (including phenoxy) is 1. The minimum atomic E-state index is -0.913. The number of nitrogens with zero attached hydrogens (tertiary/aromatic N) is 2. The molecule has 2 heterocycles. The summed E-state index contributed by atoms with van der Waals surface area (Å²) in [5, 5.41) is 13.5. The van der Waals surface area contributed by atoms with E-state index in [0.29, 0.717) is 49.5 Å². The fourth-order valence-corrected chi connectivity index (χ4v) is 5.42. The standard InChI is InChI=1S/C30H40N4O5.ClH/c1-4-5-16-34-28(37)25(26(35)20(2)3)32-29(38)30(34)14-17-33(18-15-30)19-21-6-10-23(11-7-21)39-24-12-8-22(9-13-24)27(31)36;/h6-13,20,25-26,35H,4-5,14-19H2,1-3H3,(H2,31,36)(H,32,38);1H/t25-,26-;/m1./s1. The maximum absolute atomic E-state index is 13.5. The average Bonchev–Trinajstić information content (AvgIpc) is 2.93. The molecule has 4 rings (SSSR count). The number of halogens is 1. The number of rotatable bonds is 10. The molecule has 1 spiro atoms. The van der Waals surface area contributed by atoms with Crippen LogP contribution in [0.3, 0.4) is 0 Å². The molecule has 2 aromatic carbocycles. The molecule has 0 radical (unpaired) electrons. The monoisotopic (exact) mass is 572 g/mol. The highest BCUT2D eigenvalue weighted by atomic mass is 35.5. The average molecular weight is 573 g/mol. The first-order valence-electron chi connectivity index (χ1n) is 13.8. The number of primary amides is 1. The summed E-state index contributed by atoms with van der Waals surface area (Å²) in [4.78, 5) is 42.3. The van der Waals surface area contributed by atoms with E-state index in [1.807, 2.05) is 38.1 Å². The molecule has 10 heteroatoms. The second-order valence-electron chi connectivity index (χ2n) is 11.0. The number of amides is 3. The van der Waals surface area contributed by atoms with E-state index in [1.54, 1.807) is 29.2 Å². The maximum atomic E-state index is 13.5. The first-order valence-corrected chi connectivity index (χ1v) is 13.8. The van der Waals surface area contributed by atoms with Crippen LogP contribution in [0.15, 0.2) is 48.5 Å². The van der Waals surface area contributed by atoms with E-state index >= 15 is 0 Å². The van der Waals surface area contributed by atoms with Gasteiger partial charge in [0.1, 0.15) is 23.1 Å². The summed E-state index contributed by atoms with van der Waals surface area (Å²) in [5.41, 5.74) is 5.97. The van der Waals surface area contributed by atoms with Gasteiger partial charge in [0.05, 0.1) is 6.10 Å². The zero-order valence-electron chi connectivity index (χ0n) is 23.5. The molecule has 2 fully saturated rings. The molecule has 0 bridgehead atoms. The van der Waals surface area contributed by atoms with Crippen molar-refractivity contribution in [2.75, 3.05) is 19.6 Å². The lowest BCUT2D eigenvalue weighted by atomic mass is 9.80. The smallest absolute Gasteiger partial charge is 0.248 e. The van der Waals surface area contributed by atoms with Crippen LogP contribution in [0.5, 0.6) is 11.5 Å². The Hall–Kier alpha value is -3.14. The van der Waals surface area contributed by atoms with Crippen LogP contribution in [-0.4, -0.2) is 69.9 Å². The molecule has 4 N–H and O–H groups in total. The van der Waals surface area contributed by atoms with Crippen molar-refractivity contribution in [3.63, 3.8) is 0 Å². The van der Waals surface area contributed by atoms with Crippen LogP contribution in [0.4, 0.5) is 0 Å². The van der Waals surface area contributed by atoms with Gasteiger partial charge < -0.3 is 25.8 Å². The van der Waals surface area contributed by atoms with Crippen molar-refractivity contribution in [3.8, 4) is 11.5 Å². The van der Waals surface area contributed by atoms with Gasteiger partial charge in [-0.25, -0.2) is 0 Å². The second kappa shape index (κ2) is 13.5. The number of unbranched alkanes of at least 4 members (excludes halogenated alkanes) is 1. The molecular weight excluding hydrogens is 532 g/mol. The Morgan fingerprint density at radius 3 is 2.17 bits per heavy atom. The number of carbonyl (C=O) groups excluding carboxylic acids is 3. The van der Waals surface area contributed by atoms with Gasteiger partial charge >= 0.3 is 0 Å². The SMILES string of the molecule is CCCCN1C(=O)[C@@H]([C@H](O)C(C)C)NC(=O)C12CCN(Cc1ccc(Oc3ccc(C(N)=O)cc3)cc1)CC2.Cl. The van der Waals surface area contributed by atoms with Gasteiger partial charge in [0.2, 0.25) is 17.7 Å². The second-order valence-corrected chi connectivity index (χ2v) is 11.0. The molecule has 2 saturated heterocycles. The van der Waals surface area contributed by atoms with Crippen molar-refractivity contribution in [2.45, 2.75) is 70.7 Å². The highest BCUT2D eigenvalue weighted by Gasteiger charge is 2.54. The van der Waals surface area contributed by atoms with Crippen molar-refractivity contribution in [3.05, 3.63) is 59.7 Å². The van der Waals surface area contributed by atoms with Gasteiger partial charge in [-0.3, -0.25) is 19.3 Å². The molecule has 0 unspecified atom stereocenters. The summed E-state index contributed by atoms with van der Waals surface area (Å²) < 4.78 is 5.87. The van der Waals surface area contributed by atoms with Gasteiger partial charge in [0.15, 0.2) is 0 Å². The molecule has 40 heavy (non-hydrogen) atoms. The lowest BCUT2D eigenvalue weighted by Crippen LogP contribution is -2.74. The summed E-state index contributed by atoms with van der Waals surface area (Å²) in [7, 11) is 0. The third-order valence-corrected chi connectivity index (χ3v) is 7.91. The van der Waals surface area contributed by atoms with Gasteiger partial charge in [-0.15, -0.1) is 12.4 Å². The lowest BCUT2D eigenvalue weighted by molar-refractivity contribution is -0.165. The summed E-state index contributed by atoms with van der Waals surface area (Å²) in [6, 6.07) is 13.6. The van der Waals surface area contributed by atoms with Gasteiger partial charge in [0, 0.05) is 31.7 Å². The number of nitrogens with two attached hydrogens (primary N) is 1. The van der Waals surface area contributed by atoms with E-state index in [0.717, 1.165) is 24.9 Å². The molecule has 0 aromatic heterocycles. The number of hydrogen-bond donors (Lipinski definition) is 3. The van der Waals surface area contributed by atoms with E-state index in [-0.39, 0.29) is 30.1 Å². The van der Waals surface area contributed by atoms with Gasteiger partial charge in [-0.2, -0.15) is 0 Å². The molecule has 2 atom stereocenters. The van der Waals surface area contributed by atoms with Gasteiger partial charge in [0.25, 0.3) is 0 Å². The van der Waals surface area contributed by atoms with Crippen molar-refractivity contribution in [1.82, 2.24) is 15.1 Å². The van der Waals surface area contributed by atoms with Crippen molar-refractivity contribution in [1.29, 1.82) is 0 Å². The zero-order chi connectivity index (χ0) is 28.2. The summed E-state index contributed by atoms with van der Waals surface area (Å²) in [6.45, 7) is 8.39. The maximum Gasteiger partial charge on any atom is 0.248 e. The summed E-state index contributed by atoms with van der Waals surface area (Å²) >= 11 is 0. The van der Waals surface area contributed by atoms with Crippen molar-refractivity contribution in [2.24, 2.45) is 11.7 Å². The zero-order valence-corrected chi connectivity index (χ0v) is 24.3. The molecule has 218 valence electrons. The number of aliphatic hydroxyl groups is 1.